The zero-order chi connectivity index (χ0) is 17.8. The number of fused-ring (bicyclic) bond motifs is 5. The highest BCUT2D eigenvalue weighted by Crippen LogP contribution is 2.52. The Morgan fingerprint density at radius 1 is 1.08 bits per heavy atom. The van der Waals surface area contributed by atoms with Crippen molar-refractivity contribution in [1.82, 2.24) is 14.8 Å². The molecule has 1 aliphatic heterocycles. The van der Waals surface area contributed by atoms with Crippen LogP contribution in [0.15, 0.2) is 36.7 Å². The molecule has 134 valence electrons. The Kier molecular flexibility index (Phi) is 3.48. The lowest BCUT2D eigenvalue weighted by atomic mass is 9.85. The van der Waals surface area contributed by atoms with E-state index in [0.717, 1.165) is 24.8 Å². The summed E-state index contributed by atoms with van der Waals surface area (Å²) in [6, 6.07) is 4.01. The highest BCUT2D eigenvalue weighted by molar-refractivity contribution is 6.08. The second kappa shape index (κ2) is 5.76. The van der Waals surface area contributed by atoms with Gasteiger partial charge in [0.2, 0.25) is 17.7 Å². The maximum Gasteiger partial charge on any atom is 0.243 e. The molecule has 4 atom stereocenters. The van der Waals surface area contributed by atoms with Gasteiger partial charge in [-0.05, 0) is 48.8 Å². The lowest BCUT2D eigenvalue weighted by Crippen LogP contribution is -2.44. The van der Waals surface area contributed by atoms with Crippen molar-refractivity contribution in [1.29, 1.82) is 0 Å². The molecule has 4 aliphatic rings. The molecule has 0 unspecified atom stereocenters. The molecule has 6 heteroatoms. The van der Waals surface area contributed by atoms with Gasteiger partial charge in [0, 0.05) is 25.0 Å². The van der Waals surface area contributed by atoms with Gasteiger partial charge < -0.3 is 4.90 Å². The Hall–Kier alpha value is -2.50. The van der Waals surface area contributed by atoms with Crippen LogP contribution in [0.4, 0.5) is 0 Å². The van der Waals surface area contributed by atoms with Crippen molar-refractivity contribution in [3.05, 3.63) is 42.2 Å². The molecule has 3 amide bonds. The molecule has 0 spiro atoms. The summed E-state index contributed by atoms with van der Waals surface area (Å²) in [6.07, 6.45) is 10.4. The zero-order valence-electron chi connectivity index (χ0n) is 14.5. The maximum absolute atomic E-state index is 12.9. The summed E-state index contributed by atoms with van der Waals surface area (Å²) >= 11 is 0. The van der Waals surface area contributed by atoms with Gasteiger partial charge in [-0.25, -0.2) is 0 Å². The summed E-state index contributed by atoms with van der Waals surface area (Å²) in [7, 11) is 0. The smallest absolute Gasteiger partial charge is 0.243 e. The first-order chi connectivity index (χ1) is 12.6. The van der Waals surface area contributed by atoms with Crippen LogP contribution in [0.25, 0.3) is 0 Å². The average Bonchev–Trinajstić information content (AvgIpc) is 3.21. The van der Waals surface area contributed by atoms with Crippen molar-refractivity contribution in [2.75, 3.05) is 6.54 Å². The van der Waals surface area contributed by atoms with Gasteiger partial charge in [0.05, 0.1) is 11.8 Å². The number of hydrogen-bond acceptors (Lipinski definition) is 4. The third-order valence-corrected chi connectivity index (χ3v) is 6.27. The molecule has 5 rings (SSSR count). The van der Waals surface area contributed by atoms with Crippen LogP contribution in [0.2, 0.25) is 0 Å². The van der Waals surface area contributed by atoms with E-state index in [1.54, 1.807) is 12.4 Å². The Morgan fingerprint density at radius 3 is 2.27 bits per heavy atom. The SMILES string of the molecule is O=C1[C@@H]2[C@H](C(=O)N1CC(=O)N(Cc1ccncc1)C1CC1)[C@H]1C=C[C@H]2C1. The van der Waals surface area contributed by atoms with E-state index >= 15 is 0 Å². The molecule has 3 fully saturated rings. The molecule has 0 N–H and O–H groups in total. The molecule has 2 heterocycles. The van der Waals surface area contributed by atoms with E-state index in [1.807, 2.05) is 17.0 Å². The van der Waals surface area contributed by atoms with Crippen LogP contribution in [0.3, 0.4) is 0 Å². The second-order valence-electron chi connectivity index (χ2n) is 7.87. The minimum absolute atomic E-state index is 0.119. The largest absolute Gasteiger partial charge is 0.334 e. The van der Waals surface area contributed by atoms with Crippen molar-refractivity contribution in [3.8, 4) is 0 Å². The number of allylic oxidation sites excluding steroid dienone is 2. The van der Waals surface area contributed by atoms with E-state index < -0.39 is 0 Å². The van der Waals surface area contributed by atoms with Crippen LogP contribution in [0, 0.1) is 23.7 Å². The van der Waals surface area contributed by atoms with Crippen LogP contribution < -0.4 is 0 Å². The second-order valence-corrected chi connectivity index (χ2v) is 7.87. The Labute approximate surface area is 151 Å². The first kappa shape index (κ1) is 15.7. The minimum atomic E-state index is -0.236. The van der Waals surface area contributed by atoms with Crippen LogP contribution in [0.5, 0.6) is 0 Å². The molecule has 6 nitrogen and oxygen atoms in total. The predicted octanol–water partition coefficient (Wildman–Crippen LogP) is 1.38. The molecule has 0 aromatic carbocycles. The summed E-state index contributed by atoms with van der Waals surface area (Å²) in [5, 5.41) is 0. The van der Waals surface area contributed by atoms with Crippen LogP contribution >= 0.6 is 0 Å². The topological polar surface area (TPSA) is 70.6 Å². The van der Waals surface area contributed by atoms with Gasteiger partial charge in [0.1, 0.15) is 6.54 Å². The van der Waals surface area contributed by atoms with Gasteiger partial charge in [-0.3, -0.25) is 24.3 Å². The molecule has 1 aromatic heterocycles. The Balaban J connectivity index is 1.31. The molecule has 1 aromatic rings. The maximum atomic E-state index is 12.9. The van der Waals surface area contributed by atoms with Crippen molar-refractivity contribution in [2.24, 2.45) is 23.7 Å². The molecule has 3 aliphatic carbocycles. The molecule has 26 heavy (non-hydrogen) atoms. The van der Waals surface area contributed by atoms with Crippen LogP contribution in [-0.4, -0.2) is 45.1 Å². The van der Waals surface area contributed by atoms with Gasteiger partial charge in [-0.15, -0.1) is 0 Å². The first-order valence-corrected chi connectivity index (χ1v) is 9.35. The molecule has 2 bridgehead atoms. The van der Waals surface area contributed by atoms with E-state index in [4.69, 9.17) is 0 Å². The number of aromatic nitrogens is 1. The fraction of sp³-hybridized carbons (Fsp3) is 0.500. The van der Waals surface area contributed by atoms with E-state index in [-0.39, 0.29) is 54.0 Å². The van der Waals surface area contributed by atoms with E-state index in [0.29, 0.717) is 6.54 Å². The average molecular weight is 351 g/mol. The molecular weight excluding hydrogens is 330 g/mol. The van der Waals surface area contributed by atoms with Crippen molar-refractivity contribution >= 4 is 17.7 Å². The number of pyridine rings is 1. The number of nitrogens with zero attached hydrogens (tertiary/aromatic N) is 3. The first-order valence-electron chi connectivity index (χ1n) is 9.35. The number of hydrogen-bond donors (Lipinski definition) is 0. The normalized spacial score (nSPS) is 31.6. The Morgan fingerprint density at radius 2 is 1.69 bits per heavy atom. The van der Waals surface area contributed by atoms with Crippen LogP contribution in [-0.2, 0) is 20.9 Å². The van der Waals surface area contributed by atoms with Gasteiger partial charge in [-0.1, -0.05) is 12.2 Å². The number of carbonyl (C=O) groups excluding carboxylic acids is 3. The number of carbonyl (C=O) groups is 3. The fourth-order valence-electron chi connectivity index (χ4n) is 4.84. The number of rotatable bonds is 5. The standard InChI is InChI=1S/C20H21N3O3/c24-16(22(15-3-4-15)10-12-5-7-21-8-6-12)11-23-19(25)17-13-1-2-14(9-13)18(17)20(23)26/h1-2,5-8,13-15,17-18H,3-4,9-11H2/t13-,14-,17-,18+/m0/s1. The van der Waals surface area contributed by atoms with E-state index in [2.05, 4.69) is 17.1 Å². The fourth-order valence-corrected chi connectivity index (χ4v) is 4.84. The zero-order valence-corrected chi connectivity index (χ0v) is 14.5. The summed E-state index contributed by atoms with van der Waals surface area (Å²) in [5.74, 6) is -0.545. The summed E-state index contributed by atoms with van der Waals surface area (Å²) in [4.78, 5) is 45.5. The van der Waals surface area contributed by atoms with Gasteiger partial charge in [0.15, 0.2) is 0 Å². The van der Waals surface area contributed by atoms with Crippen molar-refractivity contribution in [3.63, 3.8) is 0 Å². The summed E-state index contributed by atoms with van der Waals surface area (Å²) < 4.78 is 0. The van der Waals surface area contributed by atoms with Gasteiger partial charge in [-0.2, -0.15) is 0 Å². The molecule has 1 saturated heterocycles. The summed E-state index contributed by atoms with van der Waals surface area (Å²) in [6.45, 7) is 0.383. The van der Waals surface area contributed by atoms with Crippen molar-refractivity contribution in [2.45, 2.75) is 31.8 Å². The molecule has 2 saturated carbocycles. The monoisotopic (exact) mass is 351 g/mol. The minimum Gasteiger partial charge on any atom is -0.334 e. The quantitative estimate of drug-likeness (QED) is 0.594. The van der Waals surface area contributed by atoms with Gasteiger partial charge in [0.25, 0.3) is 0 Å². The van der Waals surface area contributed by atoms with Gasteiger partial charge >= 0.3 is 0 Å². The third kappa shape index (κ3) is 2.39. The third-order valence-electron chi connectivity index (χ3n) is 6.27. The lowest BCUT2D eigenvalue weighted by molar-refractivity contribution is -0.147. The van der Waals surface area contributed by atoms with Crippen LogP contribution in [0.1, 0.15) is 24.8 Å². The predicted molar refractivity (Wildman–Crippen MR) is 92.2 cm³/mol. The van der Waals surface area contributed by atoms with E-state index in [9.17, 15) is 14.4 Å². The molecular formula is C20H21N3O3. The van der Waals surface area contributed by atoms with E-state index in [1.165, 1.54) is 4.90 Å². The summed E-state index contributed by atoms with van der Waals surface area (Å²) in [5.41, 5.74) is 1.01. The Bertz CT molecular complexity index is 772. The molecule has 0 radical (unpaired) electrons. The number of likely N-dealkylation sites (tertiary alicyclic amines) is 1. The number of amides is 3. The highest BCUT2D eigenvalue weighted by Gasteiger charge is 2.59. The highest BCUT2D eigenvalue weighted by atomic mass is 16.2. The lowest BCUT2D eigenvalue weighted by Gasteiger charge is -2.25. The number of imide groups is 1. The van der Waals surface area contributed by atoms with Crippen molar-refractivity contribution < 1.29 is 14.4 Å².